The fourth-order valence-corrected chi connectivity index (χ4v) is 2.73. The summed E-state index contributed by atoms with van der Waals surface area (Å²) in [6.07, 6.45) is 0.483. The van der Waals surface area contributed by atoms with Crippen LogP contribution in [-0.4, -0.2) is 30.2 Å². The normalized spacial score (nSPS) is 11.1. The Bertz CT molecular complexity index is 707. The van der Waals surface area contributed by atoms with E-state index in [1.807, 2.05) is 19.9 Å². The van der Waals surface area contributed by atoms with Crippen LogP contribution < -0.4 is 9.47 Å². The number of nitriles is 1. The standard InChI is InChI=1S/C16H19N3O3S/c1-16(2,7-8-17)10-23-15-19-18-14(22-15)11-5-6-12(20-3)13(9-11)21-4/h5-6,9H,7,10H2,1-4H3. The van der Waals surface area contributed by atoms with Crippen molar-refractivity contribution in [2.24, 2.45) is 5.41 Å². The monoisotopic (exact) mass is 333 g/mol. The molecular weight excluding hydrogens is 314 g/mol. The summed E-state index contributed by atoms with van der Waals surface area (Å²) in [7, 11) is 3.16. The van der Waals surface area contributed by atoms with Gasteiger partial charge >= 0.3 is 0 Å². The number of methoxy groups -OCH3 is 2. The summed E-state index contributed by atoms with van der Waals surface area (Å²) >= 11 is 1.45. The van der Waals surface area contributed by atoms with Crippen LogP contribution in [0.5, 0.6) is 11.5 Å². The number of thioether (sulfide) groups is 1. The molecule has 0 atom stereocenters. The van der Waals surface area contributed by atoms with Crippen LogP contribution in [0.2, 0.25) is 0 Å². The van der Waals surface area contributed by atoms with Gasteiger partial charge in [0.15, 0.2) is 11.5 Å². The van der Waals surface area contributed by atoms with Crippen LogP contribution in [0.3, 0.4) is 0 Å². The maximum atomic E-state index is 8.81. The number of hydrogen-bond acceptors (Lipinski definition) is 7. The van der Waals surface area contributed by atoms with Crippen molar-refractivity contribution in [3.05, 3.63) is 18.2 Å². The van der Waals surface area contributed by atoms with Crippen LogP contribution in [-0.2, 0) is 0 Å². The highest BCUT2D eigenvalue weighted by Gasteiger charge is 2.20. The molecule has 0 bridgehead atoms. The molecule has 6 nitrogen and oxygen atoms in total. The number of nitrogens with zero attached hydrogens (tertiary/aromatic N) is 3. The Labute approximate surface area is 139 Å². The van der Waals surface area contributed by atoms with Crippen LogP contribution in [0.1, 0.15) is 20.3 Å². The van der Waals surface area contributed by atoms with Gasteiger partial charge in [-0.15, -0.1) is 10.2 Å². The molecule has 122 valence electrons. The van der Waals surface area contributed by atoms with Gasteiger partial charge in [-0.1, -0.05) is 25.6 Å². The molecule has 0 radical (unpaired) electrons. The molecule has 1 heterocycles. The van der Waals surface area contributed by atoms with E-state index >= 15 is 0 Å². The Hall–Kier alpha value is -2.20. The fraction of sp³-hybridized carbons (Fsp3) is 0.438. The molecule has 1 aromatic carbocycles. The second kappa shape index (κ2) is 7.38. The number of hydrogen-bond donors (Lipinski definition) is 0. The minimum Gasteiger partial charge on any atom is -0.493 e. The van der Waals surface area contributed by atoms with Crippen molar-refractivity contribution in [3.8, 4) is 29.0 Å². The summed E-state index contributed by atoms with van der Waals surface area (Å²) in [5.74, 6) is 2.40. The molecule has 0 aliphatic rings. The Kier molecular flexibility index (Phi) is 5.50. The summed E-state index contributed by atoms with van der Waals surface area (Å²) in [5, 5.41) is 17.4. The third-order valence-corrected chi connectivity index (χ3v) is 4.52. The fourth-order valence-electron chi connectivity index (χ4n) is 1.88. The SMILES string of the molecule is COc1ccc(-c2nnc(SCC(C)(C)CC#N)o2)cc1OC. The lowest BCUT2D eigenvalue weighted by molar-refractivity contribution is 0.355. The van der Waals surface area contributed by atoms with E-state index in [1.165, 1.54) is 11.8 Å². The van der Waals surface area contributed by atoms with E-state index in [2.05, 4.69) is 16.3 Å². The average Bonchev–Trinajstić information content (AvgIpc) is 3.01. The van der Waals surface area contributed by atoms with Crippen LogP contribution >= 0.6 is 11.8 Å². The molecule has 7 heteroatoms. The summed E-state index contributed by atoms with van der Waals surface area (Å²) in [5.41, 5.74) is 0.662. The molecule has 0 aliphatic carbocycles. The Morgan fingerprint density at radius 3 is 2.61 bits per heavy atom. The number of rotatable bonds is 7. The maximum absolute atomic E-state index is 8.81. The predicted octanol–water partition coefficient (Wildman–Crippen LogP) is 3.79. The molecule has 2 rings (SSSR count). The van der Waals surface area contributed by atoms with E-state index in [9.17, 15) is 0 Å². The molecule has 0 amide bonds. The van der Waals surface area contributed by atoms with Crippen LogP contribution in [0.25, 0.3) is 11.5 Å². The molecule has 0 unspecified atom stereocenters. The second-order valence-corrected chi connectivity index (χ2v) is 6.66. The van der Waals surface area contributed by atoms with Gasteiger partial charge in [0.25, 0.3) is 5.22 Å². The molecule has 1 aromatic heterocycles. The van der Waals surface area contributed by atoms with Crippen LogP contribution in [0, 0.1) is 16.7 Å². The molecule has 0 aliphatic heterocycles. The highest BCUT2D eigenvalue weighted by atomic mass is 32.2. The first kappa shape index (κ1) is 17.2. The van der Waals surface area contributed by atoms with Gasteiger partial charge in [-0.25, -0.2) is 0 Å². The first-order valence-electron chi connectivity index (χ1n) is 7.05. The van der Waals surface area contributed by atoms with Crippen molar-refractivity contribution in [1.82, 2.24) is 10.2 Å². The molecule has 0 saturated heterocycles. The number of aromatic nitrogens is 2. The topological polar surface area (TPSA) is 81.2 Å². The predicted molar refractivity (Wildman–Crippen MR) is 87.6 cm³/mol. The van der Waals surface area contributed by atoms with E-state index < -0.39 is 0 Å². The summed E-state index contributed by atoms with van der Waals surface area (Å²) < 4.78 is 16.2. The minimum absolute atomic E-state index is 0.0998. The van der Waals surface area contributed by atoms with Gasteiger partial charge in [-0.2, -0.15) is 5.26 Å². The Balaban J connectivity index is 2.12. The Morgan fingerprint density at radius 1 is 1.22 bits per heavy atom. The van der Waals surface area contributed by atoms with Crippen LogP contribution in [0.4, 0.5) is 0 Å². The van der Waals surface area contributed by atoms with Crippen molar-refractivity contribution in [3.63, 3.8) is 0 Å². The minimum atomic E-state index is -0.0998. The van der Waals surface area contributed by atoms with Crippen molar-refractivity contribution in [1.29, 1.82) is 5.26 Å². The van der Waals surface area contributed by atoms with E-state index in [0.29, 0.717) is 29.0 Å². The van der Waals surface area contributed by atoms with Crippen molar-refractivity contribution < 1.29 is 13.9 Å². The molecule has 0 N–H and O–H groups in total. The van der Waals surface area contributed by atoms with Gasteiger partial charge in [0.05, 0.1) is 20.3 Å². The van der Waals surface area contributed by atoms with Crippen molar-refractivity contribution in [2.75, 3.05) is 20.0 Å². The van der Waals surface area contributed by atoms with Gasteiger partial charge < -0.3 is 13.9 Å². The zero-order valence-electron chi connectivity index (χ0n) is 13.6. The van der Waals surface area contributed by atoms with Gasteiger partial charge in [0, 0.05) is 17.7 Å². The largest absolute Gasteiger partial charge is 0.493 e. The Morgan fingerprint density at radius 2 is 1.96 bits per heavy atom. The molecular formula is C16H19N3O3S. The van der Waals surface area contributed by atoms with E-state index in [-0.39, 0.29) is 5.41 Å². The van der Waals surface area contributed by atoms with Crippen molar-refractivity contribution >= 4 is 11.8 Å². The quantitative estimate of drug-likeness (QED) is 0.713. The molecule has 0 spiro atoms. The first-order valence-corrected chi connectivity index (χ1v) is 8.03. The first-order chi connectivity index (χ1) is 11.0. The van der Waals surface area contributed by atoms with Gasteiger partial charge in [0.1, 0.15) is 0 Å². The highest BCUT2D eigenvalue weighted by molar-refractivity contribution is 7.99. The zero-order valence-corrected chi connectivity index (χ0v) is 14.4. The van der Waals surface area contributed by atoms with E-state index in [1.54, 1.807) is 26.4 Å². The number of benzene rings is 1. The highest BCUT2D eigenvalue weighted by Crippen LogP contribution is 2.34. The summed E-state index contributed by atoms with van der Waals surface area (Å²) in [6, 6.07) is 7.61. The summed E-state index contributed by atoms with van der Waals surface area (Å²) in [4.78, 5) is 0. The average molecular weight is 333 g/mol. The van der Waals surface area contributed by atoms with Crippen LogP contribution in [0.15, 0.2) is 27.8 Å². The third kappa shape index (κ3) is 4.39. The smallest absolute Gasteiger partial charge is 0.276 e. The second-order valence-electron chi connectivity index (χ2n) is 5.73. The number of ether oxygens (including phenoxy) is 2. The molecule has 2 aromatic rings. The van der Waals surface area contributed by atoms with Gasteiger partial charge in [0.2, 0.25) is 5.89 Å². The van der Waals surface area contributed by atoms with Gasteiger partial charge in [-0.05, 0) is 23.6 Å². The summed E-state index contributed by atoms with van der Waals surface area (Å²) in [6.45, 7) is 4.07. The van der Waals surface area contributed by atoms with Gasteiger partial charge in [-0.3, -0.25) is 0 Å². The molecule has 0 saturated carbocycles. The molecule has 0 fully saturated rings. The maximum Gasteiger partial charge on any atom is 0.276 e. The molecule has 23 heavy (non-hydrogen) atoms. The lowest BCUT2D eigenvalue weighted by Gasteiger charge is -2.18. The zero-order chi connectivity index (χ0) is 16.9. The lowest BCUT2D eigenvalue weighted by atomic mass is 9.93. The third-order valence-electron chi connectivity index (χ3n) is 3.18. The van der Waals surface area contributed by atoms with Crippen molar-refractivity contribution in [2.45, 2.75) is 25.5 Å². The van der Waals surface area contributed by atoms with E-state index in [4.69, 9.17) is 19.2 Å². The van der Waals surface area contributed by atoms with E-state index in [0.717, 1.165) is 11.3 Å². The lowest BCUT2D eigenvalue weighted by Crippen LogP contribution is -2.13.